The highest BCUT2D eigenvalue weighted by Crippen LogP contribution is 2.23. The number of rotatable bonds is 4. The molecule has 0 saturated heterocycles. The number of hydrogen-bond donors (Lipinski definition) is 1. The quantitative estimate of drug-likeness (QED) is 0.775. The average molecular weight is 181 g/mol. The highest BCUT2D eigenvalue weighted by Gasteiger charge is 2.11. The number of unbranched alkanes of at least 4 members (excludes halogenated alkanes) is 1. The second-order valence-electron chi connectivity index (χ2n) is 3.62. The lowest BCUT2D eigenvalue weighted by Crippen LogP contribution is -2.10. The standard InChI is InChI=1S/C11H19NO/c1-4-5-6-11(12)10-7-8(2)13-9(10)3/h7,11H,4-6,12H2,1-3H3. The van der Waals surface area contributed by atoms with Crippen molar-refractivity contribution in [3.05, 3.63) is 23.2 Å². The minimum Gasteiger partial charge on any atom is -0.466 e. The van der Waals surface area contributed by atoms with Crippen molar-refractivity contribution in [2.75, 3.05) is 0 Å². The molecule has 74 valence electrons. The highest BCUT2D eigenvalue weighted by atomic mass is 16.3. The third-order valence-corrected chi connectivity index (χ3v) is 2.35. The largest absolute Gasteiger partial charge is 0.466 e. The van der Waals surface area contributed by atoms with E-state index in [0.717, 1.165) is 17.9 Å². The summed E-state index contributed by atoms with van der Waals surface area (Å²) in [5, 5.41) is 0. The molecule has 1 aromatic rings. The zero-order valence-electron chi connectivity index (χ0n) is 8.76. The van der Waals surface area contributed by atoms with E-state index in [1.807, 2.05) is 13.8 Å². The van der Waals surface area contributed by atoms with Crippen LogP contribution in [0.3, 0.4) is 0 Å². The molecule has 0 fully saturated rings. The van der Waals surface area contributed by atoms with Gasteiger partial charge in [0.05, 0.1) is 0 Å². The maximum atomic E-state index is 6.04. The fraction of sp³-hybridized carbons (Fsp3) is 0.636. The summed E-state index contributed by atoms with van der Waals surface area (Å²) in [6.45, 7) is 6.12. The molecule has 1 unspecified atom stereocenters. The van der Waals surface area contributed by atoms with Crippen molar-refractivity contribution >= 4 is 0 Å². The summed E-state index contributed by atoms with van der Waals surface area (Å²) in [4.78, 5) is 0. The molecular formula is C11H19NO. The fourth-order valence-corrected chi connectivity index (χ4v) is 1.60. The maximum absolute atomic E-state index is 6.04. The van der Waals surface area contributed by atoms with Gasteiger partial charge < -0.3 is 10.2 Å². The molecule has 1 atom stereocenters. The molecule has 0 saturated carbocycles. The van der Waals surface area contributed by atoms with Crippen LogP contribution in [0.5, 0.6) is 0 Å². The Hall–Kier alpha value is -0.760. The minimum atomic E-state index is 0.150. The Kier molecular flexibility index (Phi) is 3.55. The topological polar surface area (TPSA) is 39.2 Å². The van der Waals surface area contributed by atoms with E-state index in [1.54, 1.807) is 0 Å². The van der Waals surface area contributed by atoms with Crippen molar-refractivity contribution < 1.29 is 4.42 Å². The van der Waals surface area contributed by atoms with E-state index in [1.165, 1.54) is 18.4 Å². The lowest BCUT2D eigenvalue weighted by Gasteiger charge is -2.08. The van der Waals surface area contributed by atoms with Gasteiger partial charge in [0.1, 0.15) is 11.5 Å². The molecule has 1 aromatic heterocycles. The van der Waals surface area contributed by atoms with Crippen LogP contribution in [-0.4, -0.2) is 0 Å². The molecule has 1 heterocycles. The fourth-order valence-electron chi connectivity index (χ4n) is 1.60. The molecule has 0 spiro atoms. The van der Waals surface area contributed by atoms with E-state index in [0.29, 0.717) is 0 Å². The lowest BCUT2D eigenvalue weighted by atomic mass is 10.0. The molecule has 13 heavy (non-hydrogen) atoms. The van der Waals surface area contributed by atoms with E-state index >= 15 is 0 Å². The molecule has 0 aliphatic carbocycles. The van der Waals surface area contributed by atoms with Crippen LogP contribution in [-0.2, 0) is 0 Å². The molecular weight excluding hydrogens is 162 g/mol. The summed E-state index contributed by atoms with van der Waals surface area (Å²) >= 11 is 0. The van der Waals surface area contributed by atoms with Crippen LogP contribution in [0.2, 0.25) is 0 Å². The number of aryl methyl sites for hydroxylation is 2. The summed E-state index contributed by atoms with van der Waals surface area (Å²) in [5.74, 6) is 1.93. The average Bonchev–Trinajstić information content (AvgIpc) is 2.41. The number of nitrogens with two attached hydrogens (primary N) is 1. The van der Waals surface area contributed by atoms with Crippen molar-refractivity contribution in [2.24, 2.45) is 5.73 Å². The normalized spacial score (nSPS) is 13.2. The van der Waals surface area contributed by atoms with Crippen molar-refractivity contribution in [1.29, 1.82) is 0 Å². The molecule has 0 bridgehead atoms. The molecule has 0 aromatic carbocycles. The summed E-state index contributed by atoms with van der Waals surface area (Å²) in [6, 6.07) is 2.20. The van der Waals surface area contributed by atoms with Crippen molar-refractivity contribution in [3.8, 4) is 0 Å². The molecule has 0 amide bonds. The Balaban J connectivity index is 2.64. The van der Waals surface area contributed by atoms with E-state index in [2.05, 4.69) is 13.0 Å². The number of hydrogen-bond acceptors (Lipinski definition) is 2. The number of furan rings is 1. The Bertz CT molecular complexity index is 265. The Morgan fingerprint density at radius 1 is 1.46 bits per heavy atom. The first-order valence-corrected chi connectivity index (χ1v) is 4.97. The van der Waals surface area contributed by atoms with E-state index < -0.39 is 0 Å². The van der Waals surface area contributed by atoms with Crippen LogP contribution < -0.4 is 5.73 Å². The first kappa shape index (κ1) is 10.3. The van der Waals surface area contributed by atoms with Crippen LogP contribution in [0.4, 0.5) is 0 Å². The lowest BCUT2D eigenvalue weighted by molar-refractivity contribution is 0.493. The van der Waals surface area contributed by atoms with Crippen molar-refractivity contribution in [2.45, 2.75) is 46.1 Å². The van der Waals surface area contributed by atoms with Gasteiger partial charge in [-0.25, -0.2) is 0 Å². The van der Waals surface area contributed by atoms with Gasteiger partial charge in [0.25, 0.3) is 0 Å². The first-order chi connectivity index (χ1) is 6.15. The Morgan fingerprint density at radius 3 is 2.62 bits per heavy atom. The van der Waals surface area contributed by atoms with Gasteiger partial charge in [-0.3, -0.25) is 0 Å². The highest BCUT2D eigenvalue weighted by molar-refractivity contribution is 5.23. The van der Waals surface area contributed by atoms with Crippen LogP contribution in [0.15, 0.2) is 10.5 Å². The van der Waals surface area contributed by atoms with E-state index in [-0.39, 0.29) is 6.04 Å². The van der Waals surface area contributed by atoms with Crippen molar-refractivity contribution in [3.63, 3.8) is 0 Å². The summed E-state index contributed by atoms with van der Waals surface area (Å²) in [5.41, 5.74) is 7.21. The third-order valence-electron chi connectivity index (χ3n) is 2.35. The zero-order valence-corrected chi connectivity index (χ0v) is 8.76. The van der Waals surface area contributed by atoms with Gasteiger partial charge in [0.15, 0.2) is 0 Å². The Morgan fingerprint density at radius 2 is 2.15 bits per heavy atom. The van der Waals surface area contributed by atoms with E-state index in [9.17, 15) is 0 Å². The predicted octanol–water partition coefficient (Wildman–Crippen LogP) is 3.09. The Labute approximate surface area is 80.1 Å². The van der Waals surface area contributed by atoms with Gasteiger partial charge in [-0.05, 0) is 26.3 Å². The summed E-state index contributed by atoms with van der Waals surface area (Å²) in [7, 11) is 0. The van der Waals surface area contributed by atoms with Crippen molar-refractivity contribution in [1.82, 2.24) is 0 Å². The smallest absolute Gasteiger partial charge is 0.105 e. The molecule has 0 aliphatic rings. The summed E-state index contributed by atoms with van der Waals surface area (Å²) < 4.78 is 5.44. The van der Waals surface area contributed by atoms with E-state index in [4.69, 9.17) is 10.2 Å². The van der Waals surface area contributed by atoms with Gasteiger partial charge in [0, 0.05) is 11.6 Å². The second kappa shape index (κ2) is 4.47. The zero-order chi connectivity index (χ0) is 9.84. The SMILES string of the molecule is CCCCC(N)c1cc(C)oc1C. The molecule has 2 heteroatoms. The van der Waals surface area contributed by atoms with Gasteiger partial charge in [0.2, 0.25) is 0 Å². The van der Waals surface area contributed by atoms with Gasteiger partial charge in [-0.15, -0.1) is 0 Å². The second-order valence-corrected chi connectivity index (χ2v) is 3.62. The monoisotopic (exact) mass is 181 g/mol. The van der Waals surface area contributed by atoms with Gasteiger partial charge in [-0.1, -0.05) is 19.8 Å². The maximum Gasteiger partial charge on any atom is 0.105 e. The van der Waals surface area contributed by atoms with Crippen LogP contribution >= 0.6 is 0 Å². The van der Waals surface area contributed by atoms with Gasteiger partial charge >= 0.3 is 0 Å². The predicted molar refractivity (Wildman–Crippen MR) is 54.6 cm³/mol. The van der Waals surface area contributed by atoms with Crippen LogP contribution in [0.1, 0.15) is 49.3 Å². The molecule has 1 rings (SSSR count). The molecule has 2 nitrogen and oxygen atoms in total. The minimum absolute atomic E-state index is 0.150. The van der Waals surface area contributed by atoms with Gasteiger partial charge in [-0.2, -0.15) is 0 Å². The molecule has 2 N–H and O–H groups in total. The van der Waals surface area contributed by atoms with Crippen LogP contribution in [0, 0.1) is 13.8 Å². The first-order valence-electron chi connectivity index (χ1n) is 4.97. The molecule has 0 aliphatic heterocycles. The van der Waals surface area contributed by atoms with Crippen LogP contribution in [0.25, 0.3) is 0 Å². The summed E-state index contributed by atoms with van der Waals surface area (Å²) in [6.07, 6.45) is 3.44. The molecule has 0 radical (unpaired) electrons. The third kappa shape index (κ3) is 2.59.